The molecular weight excluding hydrogens is 271 g/mol. The molecule has 3 N–H and O–H groups in total. The molecule has 0 aliphatic rings. The van der Waals surface area contributed by atoms with Gasteiger partial charge in [0.1, 0.15) is 5.82 Å². The molecule has 7 heteroatoms. The average Bonchev–Trinajstić information content (AvgIpc) is 2.75. The van der Waals surface area contributed by atoms with Crippen LogP contribution in [0.3, 0.4) is 0 Å². The number of anilines is 2. The van der Waals surface area contributed by atoms with Crippen LogP contribution in [0.1, 0.15) is 17.4 Å². The predicted octanol–water partition coefficient (Wildman–Crippen LogP) is 2.53. The molecule has 0 unspecified atom stereocenters. The van der Waals surface area contributed by atoms with Gasteiger partial charge in [-0.1, -0.05) is 11.6 Å². The van der Waals surface area contributed by atoms with Crippen LogP contribution in [0.2, 0.25) is 5.02 Å². The third-order valence-electron chi connectivity index (χ3n) is 2.51. The van der Waals surface area contributed by atoms with Gasteiger partial charge in [0.25, 0.3) is 5.91 Å². The topological polar surface area (TPSA) is 72.9 Å². The molecule has 2 rings (SSSR count). The van der Waals surface area contributed by atoms with Gasteiger partial charge in [0.15, 0.2) is 5.69 Å². The van der Waals surface area contributed by atoms with Crippen LogP contribution in [0.4, 0.5) is 15.8 Å². The molecule has 0 aliphatic carbocycles. The first-order valence-corrected chi connectivity index (χ1v) is 5.98. The number of hydrogen-bond donors (Lipinski definition) is 2. The minimum absolute atomic E-state index is 0.0649. The van der Waals surface area contributed by atoms with Crippen molar-refractivity contribution in [1.82, 2.24) is 9.78 Å². The highest BCUT2D eigenvalue weighted by Crippen LogP contribution is 2.20. The summed E-state index contributed by atoms with van der Waals surface area (Å²) in [6.45, 7) is 2.49. The second-order valence-electron chi connectivity index (χ2n) is 3.87. The molecule has 0 atom stereocenters. The van der Waals surface area contributed by atoms with E-state index in [9.17, 15) is 9.18 Å². The molecule has 0 spiro atoms. The number of amides is 1. The van der Waals surface area contributed by atoms with E-state index in [4.69, 9.17) is 17.3 Å². The van der Waals surface area contributed by atoms with Crippen molar-refractivity contribution in [2.75, 3.05) is 11.1 Å². The zero-order valence-electron chi connectivity index (χ0n) is 10.2. The molecule has 1 aromatic heterocycles. The van der Waals surface area contributed by atoms with Crippen LogP contribution in [0, 0.1) is 5.82 Å². The van der Waals surface area contributed by atoms with Gasteiger partial charge in [-0.15, -0.1) is 0 Å². The van der Waals surface area contributed by atoms with Crippen molar-refractivity contribution in [2.24, 2.45) is 0 Å². The van der Waals surface area contributed by atoms with Gasteiger partial charge in [0.05, 0.1) is 10.7 Å². The molecule has 2 aromatic rings. The SMILES string of the molecule is CCn1cc(N)c(C(=O)Nc2ccc(F)c(Cl)c2)n1. The molecule has 0 bridgehead atoms. The third-order valence-corrected chi connectivity index (χ3v) is 2.80. The highest BCUT2D eigenvalue weighted by atomic mass is 35.5. The number of nitrogens with one attached hydrogen (secondary N) is 1. The zero-order chi connectivity index (χ0) is 14.0. The highest BCUT2D eigenvalue weighted by Gasteiger charge is 2.15. The lowest BCUT2D eigenvalue weighted by atomic mass is 10.3. The maximum atomic E-state index is 13.0. The fraction of sp³-hybridized carbons (Fsp3) is 0.167. The van der Waals surface area contributed by atoms with Crippen LogP contribution in [-0.4, -0.2) is 15.7 Å². The van der Waals surface area contributed by atoms with Gasteiger partial charge >= 0.3 is 0 Å². The van der Waals surface area contributed by atoms with Crippen molar-refractivity contribution in [3.63, 3.8) is 0 Å². The maximum Gasteiger partial charge on any atom is 0.278 e. The Morgan fingerprint density at radius 1 is 1.58 bits per heavy atom. The molecule has 0 fully saturated rings. The number of benzene rings is 1. The second kappa shape index (κ2) is 5.27. The smallest absolute Gasteiger partial charge is 0.278 e. The number of nitrogens with two attached hydrogens (primary N) is 1. The minimum atomic E-state index is -0.547. The van der Waals surface area contributed by atoms with Gasteiger partial charge < -0.3 is 11.1 Å². The van der Waals surface area contributed by atoms with Crippen molar-refractivity contribution < 1.29 is 9.18 Å². The van der Waals surface area contributed by atoms with Crippen molar-refractivity contribution in [2.45, 2.75) is 13.5 Å². The lowest BCUT2D eigenvalue weighted by Crippen LogP contribution is -2.14. The number of hydrogen-bond acceptors (Lipinski definition) is 3. The Hall–Kier alpha value is -2.08. The molecule has 1 amide bonds. The summed E-state index contributed by atoms with van der Waals surface area (Å²) in [6.07, 6.45) is 1.58. The van der Waals surface area contributed by atoms with Crippen LogP contribution in [0.15, 0.2) is 24.4 Å². The lowest BCUT2D eigenvalue weighted by molar-refractivity contribution is 0.102. The number of aromatic nitrogens is 2. The Labute approximate surface area is 114 Å². The number of rotatable bonds is 3. The summed E-state index contributed by atoms with van der Waals surface area (Å²) >= 11 is 5.63. The molecule has 0 radical (unpaired) electrons. The fourth-order valence-electron chi connectivity index (χ4n) is 1.54. The molecule has 0 saturated heterocycles. The van der Waals surface area contributed by atoms with E-state index in [1.54, 1.807) is 10.9 Å². The minimum Gasteiger partial charge on any atom is -0.396 e. The van der Waals surface area contributed by atoms with Gasteiger partial charge in [-0.2, -0.15) is 5.10 Å². The van der Waals surface area contributed by atoms with E-state index in [0.717, 1.165) is 0 Å². The van der Waals surface area contributed by atoms with E-state index < -0.39 is 11.7 Å². The average molecular weight is 283 g/mol. The summed E-state index contributed by atoms with van der Waals surface area (Å²) in [6, 6.07) is 3.90. The van der Waals surface area contributed by atoms with E-state index in [0.29, 0.717) is 12.2 Å². The maximum absolute atomic E-state index is 13.0. The van der Waals surface area contributed by atoms with Crippen LogP contribution in [0.5, 0.6) is 0 Å². The van der Waals surface area contributed by atoms with Gasteiger partial charge in [-0.25, -0.2) is 4.39 Å². The Morgan fingerprint density at radius 2 is 2.32 bits per heavy atom. The van der Waals surface area contributed by atoms with E-state index in [1.165, 1.54) is 18.2 Å². The predicted molar refractivity (Wildman–Crippen MR) is 71.7 cm³/mol. The van der Waals surface area contributed by atoms with Crippen molar-refractivity contribution in [3.8, 4) is 0 Å². The summed E-state index contributed by atoms with van der Waals surface area (Å²) in [5.41, 5.74) is 6.48. The number of nitrogens with zero attached hydrogens (tertiary/aromatic N) is 2. The quantitative estimate of drug-likeness (QED) is 0.908. The number of aryl methyl sites for hydroxylation is 1. The summed E-state index contributed by atoms with van der Waals surface area (Å²) in [7, 11) is 0. The van der Waals surface area contributed by atoms with Crippen molar-refractivity contribution in [1.29, 1.82) is 0 Å². The Morgan fingerprint density at radius 3 is 2.89 bits per heavy atom. The molecule has 0 aliphatic heterocycles. The standard InChI is InChI=1S/C12H12ClFN4O/c1-2-18-6-10(15)11(17-18)12(19)16-7-3-4-9(14)8(13)5-7/h3-6H,2,15H2,1H3,(H,16,19). The summed E-state index contributed by atoms with van der Waals surface area (Å²) < 4.78 is 14.5. The number of halogens is 2. The first kappa shape index (κ1) is 13.4. The first-order valence-electron chi connectivity index (χ1n) is 5.60. The summed E-state index contributed by atoms with van der Waals surface area (Å²) in [5, 5.41) is 6.53. The Kier molecular flexibility index (Phi) is 3.71. The third kappa shape index (κ3) is 2.85. The van der Waals surface area contributed by atoms with Gasteiger partial charge in [0.2, 0.25) is 0 Å². The Bertz CT molecular complexity index is 626. The molecule has 5 nitrogen and oxygen atoms in total. The van der Waals surface area contributed by atoms with Crippen LogP contribution in [-0.2, 0) is 6.54 Å². The first-order chi connectivity index (χ1) is 9.01. The molecule has 19 heavy (non-hydrogen) atoms. The van der Waals surface area contributed by atoms with Crippen LogP contribution >= 0.6 is 11.6 Å². The van der Waals surface area contributed by atoms with Gasteiger partial charge in [-0.3, -0.25) is 9.48 Å². The summed E-state index contributed by atoms with van der Waals surface area (Å²) in [4.78, 5) is 12.0. The molecule has 100 valence electrons. The molecular formula is C12H12ClFN4O. The number of carbonyl (C=O) groups is 1. The van der Waals surface area contributed by atoms with Crippen molar-refractivity contribution >= 4 is 28.9 Å². The molecule has 1 heterocycles. The number of nitrogen functional groups attached to an aromatic ring is 1. The van der Waals surface area contributed by atoms with Gasteiger partial charge in [0, 0.05) is 18.4 Å². The normalized spacial score (nSPS) is 10.5. The van der Waals surface area contributed by atoms with E-state index in [-0.39, 0.29) is 16.4 Å². The second-order valence-corrected chi connectivity index (χ2v) is 4.28. The fourth-order valence-corrected chi connectivity index (χ4v) is 1.72. The van der Waals surface area contributed by atoms with E-state index >= 15 is 0 Å². The van der Waals surface area contributed by atoms with E-state index in [1.807, 2.05) is 6.92 Å². The molecule has 1 aromatic carbocycles. The van der Waals surface area contributed by atoms with Gasteiger partial charge in [-0.05, 0) is 25.1 Å². The van der Waals surface area contributed by atoms with Crippen molar-refractivity contribution in [3.05, 3.63) is 40.9 Å². The zero-order valence-corrected chi connectivity index (χ0v) is 10.9. The molecule has 0 saturated carbocycles. The number of carbonyl (C=O) groups excluding carboxylic acids is 1. The lowest BCUT2D eigenvalue weighted by Gasteiger charge is -2.04. The monoisotopic (exact) mass is 282 g/mol. The highest BCUT2D eigenvalue weighted by molar-refractivity contribution is 6.31. The van der Waals surface area contributed by atoms with E-state index in [2.05, 4.69) is 10.4 Å². The largest absolute Gasteiger partial charge is 0.396 e. The Balaban J connectivity index is 2.20. The van der Waals surface area contributed by atoms with Crippen LogP contribution in [0.25, 0.3) is 0 Å². The summed E-state index contributed by atoms with van der Waals surface area (Å²) in [5.74, 6) is -1.01. The van der Waals surface area contributed by atoms with Crippen LogP contribution < -0.4 is 11.1 Å².